The summed E-state index contributed by atoms with van der Waals surface area (Å²) >= 11 is 0. The number of methoxy groups -OCH3 is 2. The first kappa shape index (κ1) is 17.9. The highest BCUT2D eigenvalue weighted by molar-refractivity contribution is 5.97. The van der Waals surface area contributed by atoms with E-state index in [1.165, 1.54) is 0 Å². The molecule has 5 heteroatoms. The molecule has 130 valence electrons. The molecule has 2 aromatic rings. The summed E-state index contributed by atoms with van der Waals surface area (Å²) in [7, 11) is 3.20. The minimum absolute atomic E-state index is 0.136. The number of rotatable bonds is 5. The summed E-state index contributed by atoms with van der Waals surface area (Å²) in [5.41, 5.74) is 3.49. The van der Waals surface area contributed by atoms with Gasteiger partial charge >= 0.3 is 0 Å². The molecule has 1 atom stereocenters. The normalized spacial score (nSPS) is 12.0. The Morgan fingerprint density at radius 1 is 1.04 bits per heavy atom. The zero-order valence-corrected chi connectivity index (χ0v) is 15.4. The predicted molar refractivity (Wildman–Crippen MR) is 93.1 cm³/mol. The monoisotopic (exact) mass is 331 g/mol. The average molecular weight is 331 g/mol. The van der Waals surface area contributed by atoms with Gasteiger partial charge < -0.3 is 19.2 Å². The van der Waals surface area contributed by atoms with Crippen LogP contribution in [0, 0.1) is 27.7 Å². The molecule has 0 unspecified atom stereocenters. The minimum atomic E-state index is -0.175. The van der Waals surface area contributed by atoms with Crippen LogP contribution in [-0.4, -0.2) is 20.1 Å². The smallest absolute Gasteiger partial charge is 0.255 e. The van der Waals surface area contributed by atoms with Crippen molar-refractivity contribution < 1.29 is 18.7 Å². The molecule has 5 nitrogen and oxygen atoms in total. The second kappa shape index (κ2) is 6.99. The molecular weight excluding hydrogens is 306 g/mol. The molecule has 1 aromatic carbocycles. The highest BCUT2D eigenvalue weighted by Crippen LogP contribution is 2.33. The van der Waals surface area contributed by atoms with Crippen LogP contribution in [0.3, 0.4) is 0 Å². The van der Waals surface area contributed by atoms with Crippen molar-refractivity contribution in [2.45, 2.75) is 40.7 Å². The Kier molecular flexibility index (Phi) is 5.22. The fourth-order valence-corrected chi connectivity index (χ4v) is 2.94. The first-order valence-corrected chi connectivity index (χ1v) is 7.90. The zero-order valence-electron chi connectivity index (χ0n) is 15.4. The first-order chi connectivity index (χ1) is 11.3. The predicted octanol–water partition coefficient (Wildman–Crippen LogP) is 4.02. The first-order valence-electron chi connectivity index (χ1n) is 7.90. The number of benzene rings is 1. The van der Waals surface area contributed by atoms with Crippen LogP contribution in [0.15, 0.2) is 16.5 Å². The van der Waals surface area contributed by atoms with E-state index in [9.17, 15) is 4.79 Å². The van der Waals surface area contributed by atoms with Crippen LogP contribution < -0.4 is 14.8 Å². The van der Waals surface area contributed by atoms with E-state index in [1.807, 2.05) is 39.8 Å². The van der Waals surface area contributed by atoms with Gasteiger partial charge in [0.2, 0.25) is 0 Å². The Balaban J connectivity index is 2.29. The van der Waals surface area contributed by atoms with E-state index in [2.05, 4.69) is 5.32 Å². The summed E-state index contributed by atoms with van der Waals surface area (Å²) in [6.07, 6.45) is 0. The van der Waals surface area contributed by atoms with Crippen LogP contribution in [0.1, 0.15) is 51.5 Å². The Morgan fingerprint density at radius 3 is 2.12 bits per heavy atom. The fourth-order valence-electron chi connectivity index (χ4n) is 2.94. The van der Waals surface area contributed by atoms with Crippen LogP contribution in [0.2, 0.25) is 0 Å². The number of amides is 1. The van der Waals surface area contributed by atoms with Gasteiger partial charge in [-0.3, -0.25) is 4.79 Å². The largest absolute Gasteiger partial charge is 0.493 e. The maximum absolute atomic E-state index is 12.6. The van der Waals surface area contributed by atoms with Crippen LogP contribution in [-0.2, 0) is 0 Å². The Bertz CT molecular complexity index is 761. The second-order valence-corrected chi connectivity index (χ2v) is 5.97. The highest BCUT2D eigenvalue weighted by Gasteiger charge is 2.21. The quantitative estimate of drug-likeness (QED) is 0.899. The van der Waals surface area contributed by atoms with Gasteiger partial charge in [0.1, 0.15) is 11.5 Å². The van der Waals surface area contributed by atoms with E-state index in [4.69, 9.17) is 13.9 Å². The fraction of sp³-hybridized carbons (Fsp3) is 0.421. The number of hydrogen-bond donors (Lipinski definition) is 1. The van der Waals surface area contributed by atoms with Crippen molar-refractivity contribution in [1.82, 2.24) is 5.32 Å². The summed E-state index contributed by atoms with van der Waals surface area (Å²) in [6, 6.07) is 3.64. The van der Waals surface area contributed by atoms with Crippen LogP contribution in [0.5, 0.6) is 11.5 Å². The van der Waals surface area contributed by atoms with E-state index in [0.717, 1.165) is 22.5 Å². The van der Waals surface area contributed by atoms with Gasteiger partial charge in [0.25, 0.3) is 5.91 Å². The van der Waals surface area contributed by atoms with E-state index >= 15 is 0 Å². The summed E-state index contributed by atoms with van der Waals surface area (Å²) in [5.74, 6) is 2.59. The SMILES string of the molecule is COc1cc(C)c([C@@H](C)NC(=O)c2c(C)oc(C)c2C)cc1OC. The van der Waals surface area contributed by atoms with E-state index in [1.54, 1.807) is 21.1 Å². The lowest BCUT2D eigenvalue weighted by Crippen LogP contribution is -2.28. The van der Waals surface area contributed by atoms with Gasteiger partial charge in [-0.2, -0.15) is 0 Å². The molecule has 2 rings (SSSR count). The number of carbonyl (C=O) groups is 1. The second-order valence-electron chi connectivity index (χ2n) is 5.97. The van der Waals surface area contributed by atoms with Crippen molar-refractivity contribution in [2.24, 2.45) is 0 Å². The van der Waals surface area contributed by atoms with Crippen molar-refractivity contribution in [2.75, 3.05) is 14.2 Å². The molecule has 0 bridgehead atoms. The molecule has 0 aliphatic rings. The molecule has 0 spiro atoms. The zero-order chi connectivity index (χ0) is 18.0. The van der Waals surface area contributed by atoms with Crippen LogP contribution in [0.4, 0.5) is 0 Å². The molecule has 24 heavy (non-hydrogen) atoms. The van der Waals surface area contributed by atoms with Gasteiger partial charge in [-0.25, -0.2) is 0 Å². The van der Waals surface area contributed by atoms with Gasteiger partial charge in [-0.15, -0.1) is 0 Å². The van der Waals surface area contributed by atoms with E-state index in [0.29, 0.717) is 22.8 Å². The lowest BCUT2D eigenvalue weighted by molar-refractivity contribution is 0.0937. The lowest BCUT2D eigenvalue weighted by Gasteiger charge is -2.19. The van der Waals surface area contributed by atoms with Crippen molar-refractivity contribution in [3.63, 3.8) is 0 Å². The number of hydrogen-bond acceptors (Lipinski definition) is 4. The average Bonchev–Trinajstić information content (AvgIpc) is 2.79. The molecule has 1 heterocycles. The highest BCUT2D eigenvalue weighted by atomic mass is 16.5. The van der Waals surface area contributed by atoms with E-state index < -0.39 is 0 Å². The van der Waals surface area contributed by atoms with E-state index in [-0.39, 0.29) is 11.9 Å². The number of furan rings is 1. The summed E-state index contributed by atoms with van der Waals surface area (Å²) < 4.78 is 16.2. The van der Waals surface area contributed by atoms with Crippen LogP contribution in [0.25, 0.3) is 0 Å². The minimum Gasteiger partial charge on any atom is -0.493 e. The maximum Gasteiger partial charge on any atom is 0.255 e. The third kappa shape index (κ3) is 3.25. The van der Waals surface area contributed by atoms with Crippen molar-refractivity contribution >= 4 is 5.91 Å². The molecule has 0 saturated heterocycles. The van der Waals surface area contributed by atoms with Gasteiger partial charge in [0.05, 0.1) is 25.8 Å². The summed E-state index contributed by atoms with van der Waals surface area (Å²) in [4.78, 5) is 12.6. The molecule has 1 amide bonds. The lowest BCUT2D eigenvalue weighted by atomic mass is 10.0. The molecule has 0 aliphatic heterocycles. The number of ether oxygens (including phenoxy) is 2. The third-order valence-corrected chi connectivity index (χ3v) is 4.37. The van der Waals surface area contributed by atoms with Crippen molar-refractivity contribution in [1.29, 1.82) is 0 Å². The summed E-state index contributed by atoms with van der Waals surface area (Å²) in [5, 5.41) is 3.04. The van der Waals surface area contributed by atoms with Crippen LogP contribution >= 0.6 is 0 Å². The number of aryl methyl sites for hydroxylation is 3. The van der Waals surface area contributed by atoms with Gasteiger partial charge in [-0.1, -0.05) is 0 Å². The van der Waals surface area contributed by atoms with Crippen molar-refractivity contribution in [3.8, 4) is 11.5 Å². The molecule has 0 radical (unpaired) electrons. The van der Waals surface area contributed by atoms with Crippen molar-refractivity contribution in [3.05, 3.63) is 45.9 Å². The summed E-state index contributed by atoms with van der Waals surface area (Å²) in [6.45, 7) is 9.50. The molecule has 1 N–H and O–H groups in total. The molecular formula is C19H25NO4. The standard InChI is InChI=1S/C19H25NO4/c1-10-8-16(22-6)17(23-7)9-15(10)12(3)20-19(21)18-11(2)13(4)24-14(18)5/h8-9,12H,1-7H3,(H,20,21)/t12-/m1/s1. The van der Waals surface area contributed by atoms with Gasteiger partial charge in [0.15, 0.2) is 11.5 Å². The van der Waals surface area contributed by atoms with Gasteiger partial charge in [0, 0.05) is 5.56 Å². The number of carbonyl (C=O) groups excluding carboxylic acids is 1. The molecule has 0 fully saturated rings. The molecule has 0 saturated carbocycles. The molecule has 0 aliphatic carbocycles. The maximum atomic E-state index is 12.6. The third-order valence-electron chi connectivity index (χ3n) is 4.37. The van der Waals surface area contributed by atoms with Gasteiger partial charge in [-0.05, 0) is 57.9 Å². The molecule has 1 aromatic heterocycles. The number of nitrogens with one attached hydrogen (secondary N) is 1. The Labute approximate surface area is 143 Å². The topological polar surface area (TPSA) is 60.7 Å². The Hall–Kier alpha value is -2.43. The Morgan fingerprint density at radius 2 is 1.62 bits per heavy atom.